The third-order valence-corrected chi connectivity index (χ3v) is 5.13. The second-order valence-electron chi connectivity index (χ2n) is 7.09. The zero-order valence-corrected chi connectivity index (χ0v) is 14.5. The standard InChI is InChI=1S/C19H24FN3O2/c1-25-16-5-6-17(20)14(9-16)11-22-7-2-8-23-15(12-22)10-18(21-23)19(24)13-3-4-13/h5-6,9-10,13,19,24H,2-4,7-8,11-12H2,1H3/t19-/m1/s1. The maximum absolute atomic E-state index is 14.1. The van der Waals surface area contributed by atoms with Crippen molar-refractivity contribution in [2.45, 2.75) is 45.0 Å². The summed E-state index contributed by atoms with van der Waals surface area (Å²) in [5.41, 5.74) is 2.52. The number of aromatic nitrogens is 2. The number of rotatable bonds is 5. The van der Waals surface area contributed by atoms with Gasteiger partial charge in [0.05, 0.1) is 18.5 Å². The van der Waals surface area contributed by atoms with Gasteiger partial charge in [-0.15, -0.1) is 0 Å². The van der Waals surface area contributed by atoms with E-state index in [1.165, 1.54) is 6.07 Å². The molecule has 1 aliphatic heterocycles. The maximum atomic E-state index is 14.1. The Kier molecular flexibility index (Phi) is 4.48. The number of aryl methyl sites for hydroxylation is 1. The van der Waals surface area contributed by atoms with Crippen molar-refractivity contribution in [3.8, 4) is 5.75 Å². The summed E-state index contributed by atoms with van der Waals surface area (Å²) in [7, 11) is 1.59. The third kappa shape index (κ3) is 3.55. The van der Waals surface area contributed by atoms with Gasteiger partial charge in [-0.1, -0.05) is 0 Å². The van der Waals surface area contributed by atoms with Crippen molar-refractivity contribution in [3.05, 3.63) is 47.0 Å². The molecule has 2 heterocycles. The summed E-state index contributed by atoms with van der Waals surface area (Å²) >= 11 is 0. The van der Waals surface area contributed by atoms with Gasteiger partial charge in [0.25, 0.3) is 0 Å². The second kappa shape index (κ2) is 6.77. The summed E-state index contributed by atoms with van der Waals surface area (Å²) in [5, 5.41) is 14.9. The Labute approximate surface area is 147 Å². The molecular formula is C19H24FN3O2. The fourth-order valence-electron chi connectivity index (χ4n) is 3.52. The van der Waals surface area contributed by atoms with E-state index in [-0.39, 0.29) is 5.82 Å². The van der Waals surface area contributed by atoms with E-state index < -0.39 is 6.10 Å². The highest BCUT2D eigenvalue weighted by Gasteiger charge is 2.33. The van der Waals surface area contributed by atoms with Crippen LogP contribution < -0.4 is 4.74 Å². The molecular weight excluding hydrogens is 321 g/mol. The van der Waals surface area contributed by atoms with Crippen LogP contribution in [0.1, 0.15) is 42.3 Å². The van der Waals surface area contributed by atoms with E-state index >= 15 is 0 Å². The molecule has 1 saturated carbocycles. The number of methoxy groups -OCH3 is 1. The number of halogens is 1. The summed E-state index contributed by atoms with van der Waals surface area (Å²) in [6.07, 6.45) is 2.69. The molecule has 2 aromatic rings. The van der Waals surface area contributed by atoms with E-state index in [0.29, 0.717) is 30.3 Å². The van der Waals surface area contributed by atoms with E-state index in [1.54, 1.807) is 19.2 Å². The number of aliphatic hydroxyl groups is 1. The van der Waals surface area contributed by atoms with Crippen molar-refractivity contribution in [2.24, 2.45) is 5.92 Å². The van der Waals surface area contributed by atoms with Crippen LogP contribution in [0.3, 0.4) is 0 Å². The molecule has 0 bridgehead atoms. The Bertz CT molecular complexity index is 757. The number of aliphatic hydroxyl groups excluding tert-OH is 1. The lowest BCUT2D eigenvalue weighted by Crippen LogP contribution is -2.23. The third-order valence-electron chi connectivity index (χ3n) is 5.13. The molecule has 1 aromatic heterocycles. The van der Waals surface area contributed by atoms with Crippen LogP contribution in [0.15, 0.2) is 24.3 Å². The van der Waals surface area contributed by atoms with E-state index in [1.807, 2.05) is 10.7 Å². The van der Waals surface area contributed by atoms with Gasteiger partial charge in [0.2, 0.25) is 0 Å². The average molecular weight is 345 g/mol. The largest absolute Gasteiger partial charge is 0.497 e. The number of nitrogens with zero attached hydrogens (tertiary/aromatic N) is 3. The molecule has 0 radical (unpaired) electrons. The van der Waals surface area contributed by atoms with Gasteiger partial charge in [0.15, 0.2) is 0 Å². The first-order chi connectivity index (χ1) is 12.1. The average Bonchev–Trinajstić information content (AvgIpc) is 3.41. The van der Waals surface area contributed by atoms with Gasteiger partial charge >= 0.3 is 0 Å². The van der Waals surface area contributed by atoms with Crippen LogP contribution in [0.25, 0.3) is 0 Å². The monoisotopic (exact) mass is 345 g/mol. The number of hydrogen-bond donors (Lipinski definition) is 1. The molecule has 0 amide bonds. The molecule has 5 nitrogen and oxygen atoms in total. The van der Waals surface area contributed by atoms with Gasteiger partial charge in [-0.25, -0.2) is 4.39 Å². The van der Waals surface area contributed by atoms with Gasteiger partial charge in [0.1, 0.15) is 17.7 Å². The summed E-state index contributed by atoms with van der Waals surface area (Å²) in [6, 6.07) is 6.88. The first-order valence-electron chi connectivity index (χ1n) is 8.93. The molecule has 25 heavy (non-hydrogen) atoms. The molecule has 4 rings (SSSR count). The smallest absolute Gasteiger partial charge is 0.127 e. The summed E-state index contributed by atoms with van der Waals surface area (Å²) in [4.78, 5) is 2.23. The predicted molar refractivity (Wildman–Crippen MR) is 91.6 cm³/mol. The zero-order valence-electron chi connectivity index (χ0n) is 14.5. The van der Waals surface area contributed by atoms with Crippen molar-refractivity contribution in [3.63, 3.8) is 0 Å². The van der Waals surface area contributed by atoms with Crippen molar-refractivity contribution < 1.29 is 14.2 Å². The van der Waals surface area contributed by atoms with Crippen molar-refractivity contribution in [1.29, 1.82) is 0 Å². The lowest BCUT2D eigenvalue weighted by atomic mass is 10.1. The Hall–Kier alpha value is -1.92. The lowest BCUT2D eigenvalue weighted by Gasteiger charge is -2.20. The van der Waals surface area contributed by atoms with Crippen molar-refractivity contribution in [1.82, 2.24) is 14.7 Å². The highest BCUT2D eigenvalue weighted by molar-refractivity contribution is 5.30. The van der Waals surface area contributed by atoms with E-state index in [4.69, 9.17) is 4.74 Å². The fourth-order valence-corrected chi connectivity index (χ4v) is 3.52. The molecule has 0 unspecified atom stereocenters. The molecule has 2 aliphatic rings. The molecule has 6 heteroatoms. The van der Waals surface area contributed by atoms with E-state index in [0.717, 1.165) is 43.7 Å². The lowest BCUT2D eigenvalue weighted by molar-refractivity contribution is 0.148. The van der Waals surface area contributed by atoms with E-state index in [2.05, 4.69) is 10.00 Å². The van der Waals surface area contributed by atoms with Gasteiger partial charge in [-0.2, -0.15) is 5.10 Å². The number of fused-ring (bicyclic) bond motifs is 1. The van der Waals surface area contributed by atoms with Gasteiger partial charge in [0, 0.05) is 31.7 Å². The summed E-state index contributed by atoms with van der Waals surface area (Å²) < 4.78 is 21.3. The summed E-state index contributed by atoms with van der Waals surface area (Å²) in [5.74, 6) is 0.843. The van der Waals surface area contributed by atoms with Gasteiger partial charge in [-0.3, -0.25) is 9.58 Å². The minimum absolute atomic E-state index is 0.205. The normalized spacial score (nSPS) is 19.3. The first kappa shape index (κ1) is 16.5. The van der Waals surface area contributed by atoms with Crippen LogP contribution in [0, 0.1) is 11.7 Å². The minimum Gasteiger partial charge on any atom is -0.497 e. The van der Waals surface area contributed by atoms with E-state index in [9.17, 15) is 9.50 Å². The van der Waals surface area contributed by atoms with Crippen molar-refractivity contribution >= 4 is 0 Å². The number of benzene rings is 1. The van der Waals surface area contributed by atoms with Crippen molar-refractivity contribution in [2.75, 3.05) is 13.7 Å². The molecule has 1 aromatic carbocycles. The Balaban J connectivity index is 1.51. The first-order valence-corrected chi connectivity index (χ1v) is 8.93. The Morgan fingerprint density at radius 2 is 2.16 bits per heavy atom. The molecule has 0 spiro atoms. The second-order valence-corrected chi connectivity index (χ2v) is 7.09. The molecule has 1 aliphatic carbocycles. The molecule has 1 atom stereocenters. The van der Waals surface area contributed by atoms with Crippen LogP contribution in [0.2, 0.25) is 0 Å². The van der Waals surface area contributed by atoms with Crippen LogP contribution in [0.4, 0.5) is 4.39 Å². The van der Waals surface area contributed by atoms with Crippen LogP contribution in [0.5, 0.6) is 5.75 Å². The van der Waals surface area contributed by atoms with Crippen LogP contribution in [-0.4, -0.2) is 33.4 Å². The zero-order chi connectivity index (χ0) is 17.4. The molecule has 0 saturated heterocycles. The quantitative estimate of drug-likeness (QED) is 0.905. The SMILES string of the molecule is COc1ccc(F)c(CN2CCCn3nc([C@H](O)C4CC4)cc3C2)c1. The molecule has 134 valence electrons. The predicted octanol–water partition coefficient (Wildman–Crippen LogP) is 2.88. The topological polar surface area (TPSA) is 50.5 Å². The number of ether oxygens (including phenoxy) is 1. The van der Waals surface area contributed by atoms with Gasteiger partial charge < -0.3 is 9.84 Å². The highest BCUT2D eigenvalue weighted by Crippen LogP contribution is 2.40. The Morgan fingerprint density at radius 3 is 2.92 bits per heavy atom. The van der Waals surface area contributed by atoms with Crippen LogP contribution >= 0.6 is 0 Å². The minimum atomic E-state index is -0.441. The highest BCUT2D eigenvalue weighted by atomic mass is 19.1. The fraction of sp³-hybridized carbons (Fsp3) is 0.526. The maximum Gasteiger partial charge on any atom is 0.127 e. The summed E-state index contributed by atoms with van der Waals surface area (Å²) in [6.45, 7) is 2.97. The Morgan fingerprint density at radius 1 is 1.32 bits per heavy atom. The molecule has 1 fully saturated rings. The van der Waals surface area contributed by atoms with Crippen LogP contribution in [-0.2, 0) is 19.6 Å². The van der Waals surface area contributed by atoms with Gasteiger partial charge in [-0.05, 0) is 49.4 Å². The molecule has 1 N–H and O–H groups in total. The number of hydrogen-bond acceptors (Lipinski definition) is 4.